The van der Waals surface area contributed by atoms with Crippen molar-refractivity contribution in [3.05, 3.63) is 24.4 Å². The molecule has 3 N–H and O–H groups in total. The predicted octanol–water partition coefficient (Wildman–Crippen LogP) is 2.39. The number of thioether (sulfide) groups is 1. The summed E-state index contributed by atoms with van der Waals surface area (Å²) in [6.45, 7) is 0. The van der Waals surface area contributed by atoms with E-state index in [2.05, 4.69) is 10.2 Å². The van der Waals surface area contributed by atoms with Crippen LogP contribution in [0.4, 0.5) is 5.82 Å². The molecule has 0 unspecified atom stereocenters. The fourth-order valence-corrected chi connectivity index (χ4v) is 1.98. The van der Waals surface area contributed by atoms with Crippen LogP contribution in [0.15, 0.2) is 29.3 Å². The zero-order valence-corrected chi connectivity index (χ0v) is 9.97. The summed E-state index contributed by atoms with van der Waals surface area (Å²) < 4.78 is 5.32. The van der Waals surface area contributed by atoms with Gasteiger partial charge in [-0.1, -0.05) is 0 Å². The number of nitrogens with one attached hydrogen (secondary N) is 1. The van der Waals surface area contributed by atoms with Gasteiger partial charge in [-0.3, -0.25) is 5.10 Å². The van der Waals surface area contributed by atoms with E-state index in [0.717, 1.165) is 21.8 Å². The molecule has 1 heterocycles. The van der Waals surface area contributed by atoms with Crippen LogP contribution in [0.3, 0.4) is 0 Å². The smallest absolute Gasteiger partial charge is 0.126 e. The van der Waals surface area contributed by atoms with Gasteiger partial charge in [-0.05, 0) is 24.5 Å². The number of ether oxygens (including phenoxy) is 1. The molecule has 84 valence electrons. The van der Waals surface area contributed by atoms with Crippen LogP contribution in [0.5, 0.6) is 5.75 Å². The predicted molar refractivity (Wildman–Crippen MR) is 66.8 cm³/mol. The van der Waals surface area contributed by atoms with Crippen molar-refractivity contribution in [1.82, 2.24) is 10.2 Å². The van der Waals surface area contributed by atoms with Gasteiger partial charge in [0, 0.05) is 16.0 Å². The van der Waals surface area contributed by atoms with Crippen LogP contribution in [0.1, 0.15) is 0 Å². The van der Waals surface area contributed by atoms with Gasteiger partial charge in [0.1, 0.15) is 11.6 Å². The Bertz CT molecular complexity index is 496. The summed E-state index contributed by atoms with van der Waals surface area (Å²) in [6.07, 6.45) is 3.74. The second kappa shape index (κ2) is 4.49. The van der Waals surface area contributed by atoms with Crippen LogP contribution < -0.4 is 10.5 Å². The molecule has 0 aliphatic heterocycles. The molecule has 0 fully saturated rings. The first-order valence-corrected chi connectivity index (χ1v) is 6.00. The van der Waals surface area contributed by atoms with Gasteiger partial charge in [0.25, 0.3) is 0 Å². The van der Waals surface area contributed by atoms with E-state index in [1.807, 2.05) is 24.5 Å². The summed E-state index contributed by atoms with van der Waals surface area (Å²) >= 11 is 1.68. The topological polar surface area (TPSA) is 63.9 Å². The number of nitrogen functional groups attached to an aromatic ring is 1. The number of benzene rings is 1. The average Bonchev–Trinajstić information content (AvgIpc) is 2.74. The Balaban J connectivity index is 2.57. The fraction of sp³-hybridized carbons (Fsp3) is 0.182. The maximum absolute atomic E-state index is 5.81. The molecule has 5 heteroatoms. The lowest BCUT2D eigenvalue weighted by Crippen LogP contribution is -1.91. The third-order valence-electron chi connectivity index (χ3n) is 2.37. The van der Waals surface area contributed by atoms with Gasteiger partial charge in [0.05, 0.1) is 13.3 Å². The van der Waals surface area contributed by atoms with E-state index in [1.165, 1.54) is 0 Å². The Labute approximate surface area is 98.2 Å². The standard InChI is InChI=1S/C11H13N3OS/c1-15-10-4-3-7(16-2)5-8(10)9-6-13-14-11(9)12/h3-6H,1-2H3,(H3,12,13,14). The summed E-state index contributed by atoms with van der Waals surface area (Å²) in [4.78, 5) is 1.16. The molecule has 0 saturated heterocycles. The van der Waals surface area contributed by atoms with Crippen molar-refractivity contribution in [2.75, 3.05) is 19.1 Å². The molecule has 0 aliphatic carbocycles. The van der Waals surface area contributed by atoms with Gasteiger partial charge in [-0.15, -0.1) is 11.8 Å². The zero-order valence-electron chi connectivity index (χ0n) is 9.15. The molecule has 0 radical (unpaired) electrons. The molecular formula is C11H13N3OS. The molecule has 0 spiro atoms. The highest BCUT2D eigenvalue weighted by molar-refractivity contribution is 7.98. The number of nitrogens with two attached hydrogens (primary N) is 1. The third kappa shape index (κ3) is 1.86. The minimum Gasteiger partial charge on any atom is -0.496 e. The van der Waals surface area contributed by atoms with E-state index in [0.29, 0.717) is 5.82 Å². The highest BCUT2D eigenvalue weighted by Crippen LogP contribution is 2.35. The van der Waals surface area contributed by atoms with Crippen LogP contribution in [0.2, 0.25) is 0 Å². The number of aromatic nitrogens is 2. The van der Waals surface area contributed by atoms with Gasteiger partial charge in [-0.25, -0.2) is 0 Å². The van der Waals surface area contributed by atoms with Gasteiger partial charge < -0.3 is 10.5 Å². The minimum absolute atomic E-state index is 0.552. The monoisotopic (exact) mass is 235 g/mol. The van der Waals surface area contributed by atoms with Gasteiger partial charge in [0.15, 0.2) is 0 Å². The lowest BCUT2D eigenvalue weighted by molar-refractivity contribution is 0.416. The van der Waals surface area contributed by atoms with Crippen LogP contribution in [-0.4, -0.2) is 23.6 Å². The molecule has 0 amide bonds. The number of anilines is 1. The zero-order chi connectivity index (χ0) is 11.5. The van der Waals surface area contributed by atoms with E-state index in [1.54, 1.807) is 25.1 Å². The number of nitrogens with zero attached hydrogens (tertiary/aromatic N) is 1. The quantitative estimate of drug-likeness (QED) is 0.802. The van der Waals surface area contributed by atoms with E-state index in [9.17, 15) is 0 Å². The molecular weight excluding hydrogens is 222 g/mol. The molecule has 2 rings (SSSR count). The largest absolute Gasteiger partial charge is 0.496 e. The lowest BCUT2D eigenvalue weighted by atomic mass is 10.1. The Morgan fingerprint density at radius 1 is 1.38 bits per heavy atom. The van der Waals surface area contributed by atoms with Crippen molar-refractivity contribution in [2.24, 2.45) is 0 Å². The van der Waals surface area contributed by atoms with Crippen molar-refractivity contribution < 1.29 is 4.74 Å². The molecule has 0 saturated carbocycles. The third-order valence-corrected chi connectivity index (χ3v) is 3.09. The molecule has 4 nitrogen and oxygen atoms in total. The number of H-pyrrole nitrogens is 1. The average molecular weight is 235 g/mol. The lowest BCUT2D eigenvalue weighted by Gasteiger charge is -2.09. The van der Waals surface area contributed by atoms with Gasteiger partial charge >= 0.3 is 0 Å². The van der Waals surface area contributed by atoms with Crippen molar-refractivity contribution >= 4 is 17.6 Å². The second-order valence-corrected chi connectivity index (χ2v) is 4.14. The van der Waals surface area contributed by atoms with Crippen molar-refractivity contribution in [1.29, 1.82) is 0 Å². The number of aromatic amines is 1. The van der Waals surface area contributed by atoms with E-state index in [4.69, 9.17) is 10.5 Å². The Kier molecular flexibility index (Phi) is 3.05. The van der Waals surface area contributed by atoms with Crippen LogP contribution in [0, 0.1) is 0 Å². The molecule has 1 aromatic heterocycles. The number of hydrogen-bond donors (Lipinski definition) is 2. The van der Waals surface area contributed by atoms with Crippen molar-refractivity contribution in [3.63, 3.8) is 0 Å². The molecule has 1 aromatic carbocycles. The minimum atomic E-state index is 0.552. The first-order valence-electron chi connectivity index (χ1n) is 4.77. The molecule has 0 aliphatic rings. The summed E-state index contributed by atoms with van der Waals surface area (Å²) in [6, 6.07) is 6.00. The molecule has 0 atom stereocenters. The van der Waals surface area contributed by atoms with Crippen LogP contribution in [-0.2, 0) is 0 Å². The number of hydrogen-bond acceptors (Lipinski definition) is 4. The summed E-state index contributed by atoms with van der Waals surface area (Å²) in [5, 5.41) is 6.64. The normalized spacial score (nSPS) is 10.4. The number of rotatable bonds is 3. The SMILES string of the molecule is COc1ccc(SC)cc1-c1cn[nH]c1N. The highest BCUT2D eigenvalue weighted by atomic mass is 32.2. The van der Waals surface area contributed by atoms with Crippen LogP contribution in [0.25, 0.3) is 11.1 Å². The summed E-state index contributed by atoms with van der Waals surface area (Å²) in [7, 11) is 1.65. The van der Waals surface area contributed by atoms with Gasteiger partial charge in [0.2, 0.25) is 0 Å². The van der Waals surface area contributed by atoms with E-state index >= 15 is 0 Å². The van der Waals surface area contributed by atoms with Crippen molar-refractivity contribution in [2.45, 2.75) is 4.90 Å². The molecule has 2 aromatic rings. The summed E-state index contributed by atoms with van der Waals surface area (Å²) in [5.74, 6) is 1.35. The molecule has 0 bridgehead atoms. The highest BCUT2D eigenvalue weighted by Gasteiger charge is 2.11. The maximum Gasteiger partial charge on any atom is 0.126 e. The van der Waals surface area contributed by atoms with E-state index in [-0.39, 0.29) is 0 Å². The molecule has 16 heavy (non-hydrogen) atoms. The Morgan fingerprint density at radius 3 is 2.75 bits per heavy atom. The van der Waals surface area contributed by atoms with E-state index < -0.39 is 0 Å². The van der Waals surface area contributed by atoms with Crippen molar-refractivity contribution in [3.8, 4) is 16.9 Å². The Hall–Kier alpha value is -1.62. The maximum atomic E-state index is 5.81. The first-order chi connectivity index (χ1) is 7.76. The fourth-order valence-electron chi connectivity index (χ4n) is 1.54. The number of methoxy groups -OCH3 is 1. The first kappa shape index (κ1) is 10.9. The summed E-state index contributed by atoms with van der Waals surface area (Å²) in [5.41, 5.74) is 7.63. The second-order valence-electron chi connectivity index (χ2n) is 3.26. The van der Waals surface area contributed by atoms with Gasteiger partial charge in [-0.2, -0.15) is 5.10 Å². The van der Waals surface area contributed by atoms with Crippen LogP contribution >= 0.6 is 11.8 Å². The Morgan fingerprint density at radius 2 is 2.19 bits per heavy atom.